The number of ether oxygens (including phenoxy) is 1. The molecule has 1 fully saturated rings. The van der Waals surface area contributed by atoms with Gasteiger partial charge in [0.1, 0.15) is 0 Å². The number of benzene rings is 1. The average molecular weight is 275 g/mol. The van der Waals surface area contributed by atoms with Gasteiger partial charge in [0, 0.05) is 18.8 Å². The number of anilines is 2. The standard InChI is InChI=1S/C12H16Cl2N2O/c1-12(2-4-17-5-3-12)16-11-7-9(14)8(13)6-10(11)15/h6-7,16H,2-5,15H2,1H3. The summed E-state index contributed by atoms with van der Waals surface area (Å²) in [6.45, 7) is 3.70. The molecule has 2 rings (SSSR count). The molecule has 0 unspecified atom stereocenters. The van der Waals surface area contributed by atoms with E-state index in [2.05, 4.69) is 12.2 Å². The summed E-state index contributed by atoms with van der Waals surface area (Å²) >= 11 is 11.9. The van der Waals surface area contributed by atoms with E-state index >= 15 is 0 Å². The summed E-state index contributed by atoms with van der Waals surface area (Å²) in [5.41, 5.74) is 7.39. The molecule has 0 bridgehead atoms. The molecule has 0 aromatic heterocycles. The number of rotatable bonds is 2. The van der Waals surface area contributed by atoms with E-state index in [1.165, 1.54) is 0 Å². The van der Waals surface area contributed by atoms with Crippen LogP contribution in [0.4, 0.5) is 11.4 Å². The zero-order chi connectivity index (χ0) is 12.5. The first-order valence-corrected chi connectivity index (χ1v) is 6.36. The summed E-state index contributed by atoms with van der Waals surface area (Å²) < 4.78 is 5.36. The second kappa shape index (κ2) is 4.92. The van der Waals surface area contributed by atoms with Crippen LogP contribution in [-0.4, -0.2) is 18.8 Å². The monoisotopic (exact) mass is 274 g/mol. The van der Waals surface area contributed by atoms with E-state index in [1.807, 2.05) is 0 Å². The molecule has 0 atom stereocenters. The van der Waals surface area contributed by atoms with E-state index < -0.39 is 0 Å². The van der Waals surface area contributed by atoms with Gasteiger partial charge in [0.25, 0.3) is 0 Å². The fraction of sp³-hybridized carbons (Fsp3) is 0.500. The fourth-order valence-corrected chi connectivity index (χ4v) is 2.28. The molecule has 0 saturated carbocycles. The Morgan fingerprint density at radius 2 is 1.82 bits per heavy atom. The van der Waals surface area contributed by atoms with E-state index in [9.17, 15) is 0 Å². The highest BCUT2D eigenvalue weighted by Gasteiger charge is 2.27. The highest BCUT2D eigenvalue weighted by atomic mass is 35.5. The molecule has 1 saturated heterocycles. The van der Waals surface area contributed by atoms with Crippen molar-refractivity contribution in [2.75, 3.05) is 24.3 Å². The molecular weight excluding hydrogens is 259 g/mol. The van der Waals surface area contributed by atoms with Gasteiger partial charge < -0.3 is 15.8 Å². The van der Waals surface area contributed by atoms with E-state index in [1.54, 1.807) is 12.1 Å². The minimum Gasteiger partial charge on any atom is -0.397 e. The maximum atomic E-state index is 6.00. The van der Waals surface area contributed by atoms with Crippen molar-refractivity contribution in [3.05, 3.63) is 22.2 Å². The number of nitrogen functional groups attached to an aromatic ring is 1. The van der Waals surface area contributed by atoms with Gasteiger partial charge in [-0.05, 0) is 31.9 Å². The minimum atomic E-state index is 0.00350. The van der Waals surface area contributed by atoms with Crippen LogP contribution in [0.3, 0.4) is 0 Å². The van der Waals surface area contributed by atoms with E-state index in [0.29, 0.717) is 15.7 Å². The Morgan fingerprint density at radius 1 is 1.24 bits per heavy atom. The first-order chi connectivity index (χ1) is 8.00. The third-order valence-electron chi connectivity index (χ3n) is 3.13. The van der Waals surface area contributed by atoms with Crippen LogP contribution in [0.1, 0.15) is 19.8 Å². The lowest BCUT2D eigenvalue weighted by Gasteiger charge is -2.35. The highest BCUT2D eigenvalue weighted by molar-refractivity contribution is 6.42. The van der Waals surface area contributed by atoms with Gasteiger partial charge in [-0.1, -0.05) is 23.2 Å². The van der Waals surface area contributed by atoms with Crippen LogP contribution in [0.2, 0.25) is 10.0 Å². The Morgan fingerprint density at radius 3 is 2.47 bits per heavy atom. The minimum absolute atomic E-state index is 0.00350. The predicted molar refractivity (Wildman–Crippen MR) is 73.0 cm³/mol. The van der Waals surface area contributed by atoms with Crippen molar-refractivity contribution in [1.29, 1.82) is 0 Å². The third kappa shape index (κ3) is 2.97. The molecule has 0 spiro atoms. The van der Waals surface area contributed by atoms with Gasteiger partial charge in [-0.3, -0.25) is 0 Å². The van der Waals surface area contributed by atoms with Crippen LogP contribution in [-0.2, 0) is 4.74 Å². The van der Waals surface area contributed by atoms with Crippen molar-refractivity contribution in [3.63, 3.8) is 0 Å². The normalized spacial score (nSPS) is 19.0. The van der Waals surface area contributed by atoms with Crippen molar-refractivity contribution in [2.45, 2.75) is 25.3 Å². The fourth-order valence-electron chi connectivity index (χ4n) is 1.94. The molecule has 5 heteroatoms. The van der Waals surface area contributed by atoms with Gasteiger partial charge in [-0.2, -0.15) is 0 Å². The van der Waals surface area contributed by atoms with Gasteiger partial charge in [0.15, 0.2) is 0 Å². The van der Waals surface area contributed by atoms with Crippen molar-refractivity contribution < 1.29 is 4.74 Å². The van der Waals surface area contributed by atoms with E-state index in [-0.39, 0.29) is 5.54 Å². The Balaban J connectivity index is 2.20. The highest BCUT2D eigenvalue weighted by Crippen LogP contribution is 2.34. The molecule has 1 heterocycles. The number of nitrogens with two attached hydrogens (primary N) is 1. The van der Waals surface area contributed by atoms with Gasteiger partial charge in [0.05, 0.1) is 21.4 Å². The summed E-state index contributed by atoms with van der Waals surface area (Å²) in [7, 11) is 0. The maximum Gasteiger partial charge on any atom is 0.0614 e. The molecule has 3 N–H and O–H groups in total. The van der Waals surface area contributed by atoms with Crippen LogP contribution < -0.4 is 11.1 Å². The summed E-state index contributed by atoms with van der Waals surface area (Å²) in [4.78, 5) is 0. The molecule has 0 aliphatic carbocycles. The zero-order valence-corrected chi connectivity index (χ0v) is 11.2. The Labute approximate surface area is 111 Å². The van der Waals surface area contributed by atoms with Crippen molar-refractivity contribution >= 4 is 34.6 Å². The number of nitrogens with one attached hydrogen (secondary N) is 1. The Hall–Kier alpha value is -0.640. The topological polar surface area (TPSA) is 47.3 Å². The zero-order valence-electron chi connectivity index (χ0n) is 9.72. The lowest BCUT2D eigenvalue weighted by atomic mass is 9.92. The number of halogens is 2. The summed E-state index contributed by atoms with van der Waals surface area (Å²) in [5.74, 6) is 0. The molecule has 3 nitrogen and oxygen atoms in total. The van der Waals surface area contributed by atoms with Crippen LogP contribution >= 0.6 is 23.2 Å². The lowest BCUT2D eigenvalue weighted by molar-refractivity contribution is 0.0658. The lowest BCUT2D eigenvalue weighted by Crippen LogP contribution is -2.40. The molecule has 1 aliphatic rings. The van der Waals surface area contributed by atoms with Crippen LogP contribution in [0, 0.1) is 0 Å². The molecule has 1 aromatic rings. The molecule has 17 heavy (non-hydrogen) atoms. The molecule has 1 aromatic carbocycles. The average Bonchev–Trinajstić information content (AvgIpc) is 2.26. The summed E-state index contributed by atoms with van der Waals surface area (Å²) in [6.07, 6.45) is 1.90. The van der Waals surface area contributed by atoms with Gasteiger partial charge >= 0.3 is 0 Å². The molecule has 94 valence electrons. The quantitative estimate of drug-likeness (QED) is 0.811. The predicted octanol–water partition coefficient (Wildman–Crippen LogP) is 3.56. The molecule has 1 aliphatic heterocycles. The van der Waals surface area contributed by atoms with E-state index in [0.717, 1.165) is 31.7 Å². The molecule has 0 radical (unpaired) electrons. The smallest absolute Gasteiger partial charge is 0.0614 e. The maximum absolute atomic E-state index is 6.00. The number of hydrogen-bond donors (Lipinski definition) is 2. The van der Waals surface area contributed by atoms with Crippen LogP contribution in [0.15, 0.2) is 12.1 Å². The summed E-state index contributed by atoms with van der Waals surface area (Å²) in [6, 6.07) is 3.45. The van der Waals surface area contributed by atoms with E-state index in [4.69, 9.17) is 33.7 Å². The molecule has 0 amide bonds. The third-order valence-corrected chi connectivity index (χ3v) is 3.85. The largest absolute Gasteiger partial charge is 0.397 e. The number of hydrogen-bond acceptors (Lipinski definition) is 3. The van der Waals surface area contributed by atoms with Gasteiger partial charge in [-0.25, -0.2) is 0 Å². The first-order valence-electron chi connectivity index (χ1n) is 5.61. The van der Waals surface area contributed by atoms with Gasteiger partial charge in [0.2, 0.25) is 0 Å². The SMILES string of the molecule is CC1(Nc2cc(Cl)c(Cl)cc2N)CCOCC1. The van der Waals surface area contributed by atoms with Crippen molar-refractivity contribution in [3.8, 4) is 0 Å². The second-order valence-corrected chi connectivity index (χ2v) is 5.47. The summed E-state index contributed by atoms with van der Waals surface area (Å²) in [5, 5.41) is 4.44. The second-order valence-electron chi connectivity index (χ2n) is 4.65. The van der Waals surface area contributed by atoms with Crippen molar-refractivity contribution in [1.82, 2.24) is 0 Å². The van der Waals surface area contributed by atoms with Gasteiger partial charge in [-0.15, -0.1) is 0 Å². The Kier molecular flexibility index (Phi) is 3.71. The van der Waals surface area contributed by atoms with Crippen LogP contribution in [0.25, 0.3) is 0 Å². The first kappa shape index (κ1) is 12.8. The van der Waals surface area contributed by atoms with Crippen molar-refractivity contribution in [2.24, 2.45) is 0 Å². The molecular formula is C12H16Cl2N2O. The Bertz CT molecular complexity index is 417. The van der Waals surface area contributed by atoms with Crippen LogP contribution in [0.5, 0.6) is 0 Å².